The van der Waals surface area contributed by atoms with Crippen LogP contribution in [0.3, 0.4) is 0 Å². The van der Waals surface area contributed by atoms with Crippen molar-refractivity contribution in [1.82, 2.24) is 9.13 Å². The van der Waals surface area contributed by atoms with Gasteiger partial charge in [-0.3, -0.25) is 9.36 Å². The maximum absolute atomic E-state index is 11.5. The van der Waals surface area contributed by atoms with Gasteiger partial charge in [-0.15, -0.1) is 0 Å². The number of carbonyl (C=O) groups is 1. The molecule has 1 heterocycles. The van der Waals surface area contributed by atoms with Gasteiger partial charge in [0.15, 0.2) is 0 Å². The predicted octanol–water partition coefficient (Wildman–Crippen LogP) is -0.818. The second kappa shape index (κ2) is 3.95. The third-order valence-electron chi connectivity index (χ3n) is 1.88. The largest absolute Gasteiger partial charge is 0.478 e. The molecule has 0 aliphatic rings. The summed E-state index contributed by atoms with van der Waals surface area (Å²) >= 11 is 0. The van der Waals surface area contributed by atoms with Crippen molar-refractivity contribution in [1.29, 1.82) is 0 Å². The van der Waals surface area contributed by atoms with Crippen LogP contribution in [0.4, 0.5) is 0 Å². The molecule has 15 heavy (non-hydrogen) atoms. The van der Waals surface area contributed by atoms with Gasteiger partial charge in [-0.05, 0) is 6.08 Å². The molecule has 0 fully saturated rings. The summed E-state index contributed by atoms with van der Waals surface area (Å²) in [5.74, 6) is -1.15. The number of nitrogens with zero attached hydrogens (tertiary/aromatic N) is 2. The van der Waals surface area contributed by atoms with Gasteiger partial charge >= 0.3 is 11.7 Å². The molecule has 80 valence electrons. The van der Waals surface area contributed by atoms with Crippen LogP contribution in [-0.4, -0.2) is 20.2 Å². The van der Waals surface area contributed by atoms with Gasteiger partial charge < -0.3 is 9.67 Å². The molecule has 0 aliphatic heterocycles. The van der Waals surface area contributed by atoms with Crippen LogP contribution in [0.15, 0.2) is 21.9 Å². The first kappa shape index (κ1) is 11.0. The first-order chi connectivity index (χ1) is 6.93. The van der Waals surface area contributed by atoms with E-state index in [2.05, 4.69) is 0 Å². The smallest absolute Gasteiger partial charge is 0.330 e. The van der Waals surface area contributed by atoms with E-state index >= 15 is 0 Å². The van der Waals surface area contributed by atoms with Crippen molar-refractivity contribution in [3.05, 3.63) is 38.7 Å². The molecule has 1 aromatic heterocycles. The van der Waals surface area contributed by atoms with Crippen molar-refractivity contribution < 1.29 is 9.90 Å². The Labute approximate surface area is 84.7 Å². The number of aromatic nitrogens is 2. The summed E-state index contributed by atoms with van der Waals surface area (Å²) in [6.45, 7) is 0. The number of aliphatic carboxylic acids is 1. The van der Waals surface area contributed by atoms with Gasteiger partial charge in [-0.25, -0.2) is 9.59 Å². The minimum atomic E-state index is -1.15. The van der Waals surface area contributed by atoms with Gasteiger partial charge in [0.05, 0.1) is 5.56 Å². The van der Waals surface area contributed by atoms with Crippen molar-refractivity contribution in [3.63, 3.8) is 0 Å². The van der Waals surface area contributed by atoms with Gasteiger partial charge in [-0.2, -0.15) is 0 Å². The van der Waals surface area contributed by atoms with E-state index in [0.717, 1.165) is 16.7 Å². The van der Waals surface area contributed by atoms with Crippen LogP contribution in [0.25, 0.3) is 6.08 Å². The zero-order valence-electron chi connectivity index (χ0n) is 8.30. The summed E-state index contributed by atoms with van der Waals surface area (Å²) in [5, 5.41) is 8.39. The zero-order chi connectivity index (χ0) is 11.6. The summed E-state index contributed by atoms with van der Waals surface area (Å²) in [4.78, 5) is 33.0. The molecule has 6 nitrogen and oxygen atoms in total. The average Bonchev–Trinajstić information content (AvgIpc) is 2.18. The van der Waals surface area contributed by atoms with E-state index in [1.807, 2.05) is 0 Å². The van der Waals surface area contributed by atoms with Crippen LogP contribution >= 0.6 is 0 Å². The third-order valence-corrected chi connectivity index (χ3v) is 1.88. The SMILES string of the molecule is Cn1cc(C=CC(=O)O)c(=O)n(C)c1=O. The Bertz CT molecular complexity index is 536. The second-order valence-corrected chi connectivity index (χ2v) is 3.01. The third kappa shape index (κ3) is 2.22. The monoisotopic (exact) mass is 210 g/mol. The number of rotatable bonds is 2. The highest BCUT2D eigenvalue weighted by Gasteiger charge is 2.03. The lowest BCUT2D eigenvalue weighted by molar-refractivity contribution is -0.131. The maximum Gasteiger partial charge on any atom is 0.330 e. The molecule has 6 heteroatoms. The Kier molecular flexibility index (Phi) is 2.89. The van der Waals surface area contributed by atoms with E-state index in [-0.39, 0.29) is 5.56 Å². The van der Waals surface area contributed by atoms with Crippen LogP contribution in [0.5, 0.6) is 0 Å². The van der Waals surface area contributed by atoms with Gasteiger partial charge in [0.1, 0.15) is 0 Å². The number of carboxylic acid groups (broad SMARTS) is 1. The minimum Gasteiger partial charge on any atom is -0.478 e. The number of hydrogen-bond acceptors (Lipinski definition) is 3. The van der Waals surface area contributed by atoms with Crippen molar-refractivity contribution >= 4 is 12.0 Å². The average molecular weight is 210 g/mol. The highest BCUT2D eigenvalue weighted by molar-refractivity contribution is 5.85. The Morgan fingerprint density at radius 3 is 2.53 bits per heavy atom. The van der Waals surface area contributed by atoms with E-state index in [9.17, 15) is 14.4 Å². The molecule has 0 amide bonds. The van der Waals surface area contributed by atoms with Gasteiger partial charge in [0, 0.05) is 26.4 Å². The lowest BCUT2D eigenvalue weighted by atomic mass is 10.3. The first-order valence-corrected chi connectivity index (χ1v) is 4.11. The molecule has 0 saturated carbocycles. The lowest BCUT2D eigenvalue weighted by Gasteiger charge is -2.02. The van der Waals surface area contributed by atoms with E-state index in [1.54, 1.807) is 0 Å². The fourth-order valence-corrected chi connectivity index (χ4v) is 1.11. The van der Waals surface area contributed by atoms with Crippen LogP contribution in [0.1, 0.15) is 5.56 Å². The first-order valence-electron chi connectivity index (χ1n) is 4.11. The van der Waals surface area contributed by atoms with Crippen LogP contribution in [-0.2, 0) is 18.9 Å². The fourth-order valence-electron chi connectivity index (χ4n) is 1.11. The van der Waals surface area contributed by atoms with Gasteiger partial charge in [0.2, 0.25) is 0 Å². The fraction of sp³-hybridized carbons (Fsp3) is 0.222. The Morgan fingerprint density at radius 1 is 1.40 bits per heavy atom. The van der Waals surface area contributed by atoms with Crippen molar-refractivity contribution in [2.75, 3.05) is 0 Å². The van der Waals surface area contributed by atoms with Gasteiger partial charge in [0.25, 0.3) is 5.56 Å². The number of aryl methyl sites for hydroxylation is 1. The molecule has 0 atom stereocenters. The molecule has 1 rings (SSSR count). The van der Waals surface area contributed by atoms with Crippen molar-refractivity contribution in [2.45, 2.75) is 0 Å². The maximum atomic E-state index is 11.5. The summed E-state index contributed by atoms with van der Waals surface area (Å²) in [6.07, 6.45) is 3.30. The van der Waals surface area contributed by atoms with Crippen LogP contribution in [0, 0.1) is 0 Å². The van der Waals surface area contributed by atoms with Gasteiger partial charge in [-0.1, -0.05) is 0 Å². The van der Waals surface area contributed by atoms with Crippen LogP contribution < -0.4 is 11.2 Å². The van der Waals surface area contributed by atoms with Crippen LogP contribution in [0.2, 0.25) is 0 Å². The summed E-state index contributed by atoms with van der Waals surface area (Å²) < 4.78 is 2.13. The second-order valence-electron chi connectivity index (χ2n) is 3.01. The molecule has 0 aromatic carbocycles. The zero-order valence-corrected chi connectivity index (χ0v) is 8.30. The standard InChI is InChI=1S/C9H10N2O4/c1-10-5-6(3-4-7(12)13)8(14)11(2)9(10)15/h3-5H,1-2H3,(H,12,13). The highest BCUT2D eigenvalue weighted by Crippen LogP contribution is 1.91. The quantitative estimate of drug-likeness (QED) is 0.647. The van der Waals surface area contributed by atoms with E-state index < -0.39 is 17.2 Å². The van der Waals surface area contributed by atoms with E-state index in [4.69, 9.17) is 5.11 Å². The van der Waals surface area contributed by atoms with Crippen molar-refractivity contribution in [2.24, 2.45) is 14.1 Å². The molecule has 0 spiro atoms. The Morgan fingerprint density at radius 2 is 2.00 bits per heavy atom. The van der Waals surface area contributed by atoms with Crippen molar-refractivity contribution in [3.8, 4) is 0 Å². The minimum absolute atomic E-state index is 0.155. The molecule has 0 aliphatic carbocycles. The topological polar surface area (TPSA) is 81.3 Å². The normalized spacial score (nSPS) is 10.8. The summed E-state index contributed by atoms with van der Waals surface area (Å²) in [6, 6.07) is 0. The Hall–Kier alpha value is -2.11. The molecule has 0 bridgehead atoms. The molecular formula is C9H10N2O4. The molecule has 0 unspecified atom stereocenters. The molecule has 1 aromatic rings. The molecule has 0 saturated heterocycles. The van der Waals surface area contributed by atoms with E-state index in [1.165, 1.54) is 24.9 Å². The summed E-state index contributed by atoms with van der Waals surface area (Å²) in [5.41, 5.74) is -0.815. The molecule has 1 N–H and O–H groups in total. The molecular weight excluding hydrogens is 200 g/mol. The van der Waals surface area contributed by atoms with E-state index in [0.29, 0.717) is 0 Å². The summed E-state index contributed by atoms with van der Waals surface area (Å²) in [7, 11) is 2.82. The Balaban J connectivity index is 3.40. The number of carboxylic acids is 1. The number of hydrogen-bond donors (Lipinski definition) is 1. The lowest BCUT2D eigenvalue weighted by Crippen LogP contribution is -2.37. The molecule has 0 radical (unpaired) electrons. The predicted molar refractivity (Wildman–Crippen MR) is 53.6 cm³/mol. The highest BCUT2D eigenvalue weighted by atomic mass is 16.4.